The first-order chi connectivity index (χ1) is 9.65. The zero-order valence-electron chi connectivity index (χ0n) is 11.2. The summed E-state index contributed by atoms with van der Waals surface area (Å²) in [5.41, 5.74) is 0.122. The van der Waals surface area contributed by atoms with Crippen molar-refractivity contribution in [1.82, 2.24) is 9.78 Å². The van der Waals surface area contributed by atoms with Gasteiger partial charge in [-0.25, -0.2) is 9.48 Å². The Morgan fingerprint density at radius 3 is 2.60 bits per heavy atom. The number of aromatic nitrogens is 2. The van der Waals surface area contributed by atoms with Gasteiger partial charge in [0.2, 0.25) is 11.1 Å². The standard InChI is InChI=1S/C14H14N2O3S/c1-3-19-14(18)13-12(17)8-9-16(15-13)10-4-6-11(20-2)7-5-10/h4-9H,3H2,1-2H3. The van der Waals surface area contributed by atoms with Crippen molar-refractivity contribution >= 4 is 17.7 Å². The first-order valence-electron chi connectivity index (χ1n) is 6.07. The molecule has 20 heavy (non-hydrogen) atoms. The second kappa shape index (κ2) is 6.38. The highest BCUT2D eigenvalue weighted by molar-refractivity contribution is 7.98. The molecule has 0 bridgehead atoms. The fraction of sp³-hybridized carbons (Fsp3) is 0.214. The lowest BCUT2D eigenvalue weighted by Gasteiger charge is -2.07. The zero-order chi connectivity index (χ0) is 14.5. The summed E-state index contributed by atoms with van der Waals surface area (Å²) < 4.78 is 6.30. The zero-order valence-corrected chi connectivity index (χ0v) is 12.0. The summed E-state index contributed by atoms with van der Waals surface area (Å²) >= 11 is 1.64. The highest BCUT2D eigenvalue weighted by atomic mass is 32.2. The lowest BCUT2D eigenvalue weighted by molar-refractivity contribution is 0.0515. The average Bonchev–Trinajstić information content (AvgIpc) is 2.48. The van der Waals surface area contributed by atoms with Crippen LogP contribution in [0.15, 0.2) is 46.2 Å². The van der Waals surface area contributed by atoms with E-state index in [1.54, 1.807) is 18.7 Å². The summed E-state index contributed by atoms with van der Waals surface area (Å²) in [5.74, 6) is -0.701. The highest BCUT2D eigenvalue weighted by Crippen LogP contribution is 2.16. The van der Waals surface area contributed by atoms with Gasteiger partial charge in [0.25, 0.3) is 0 Å². The van der Waals surface area contributed by atoms with Gasteiger partial charge < -0.3 is 4.74 Å². The van der Waals surface area contributed by atoms with Crippen molar-refractivity contribution in [2.45, 2.75) is 11.8 Å². The Bertz CT molecular complexity index is 665. The summed E-state index contributed by atoms with van der Waals surface area (Å²) in [6, 6.07) is 8.95. The normalized spacial score (nSPS) is 10.3. The van der Waals surface area contributed by atoms with Gasteiger partial charge in [0.1, 0.15) is 0 Å². The van der Waals surface area contributed by atoms with Crippen LogP contribution in [0.5, 0.6) is 0 Å². The molecule has 0 fully saturated rings. The molecule has 104 valence electrons. The summed E-state index contributed by atoms with van der Waals surface area (Å²) in [5, 5.41) is 4.04. The van der Waals surface area contributed by atoms with Crippen molar-refractivity contribution in [2.75, 3.05) is 12.9 Å². The Hall–Kier alpha value is -2.08. The molecular formula is C14H14N2O3S. The van der Waals surface area contributed by atoms with Crippen LogP contribution in [0.1, 0.15) is 17.4 Å². The number of hydrogen-bond donors (Lipinski definition) is 0. The van der Waals surface area contributed by atoms with E-state index >= 15 is 0 Å². The quantitative estimate of drug-likeness (QED) is 0.637. The largest absolute Gasteiger partial charge is 0.461 e. The van der Waals surface area contributed by atoms with Crippen LogP contribution in [-0.2, 0) is 4.74 Å². The summed E-state index contributed by atoms with van der Waals surface area (Å²) in [7, 11) is 0. The Morgan fingerprint density at radius 1 is 1.30 bits per heavy atom. The smallest absolute Gasteiger partial charge is 0.362 e. The number of hydrogen-bond acceptors (Lipinski definition) is 5. The van der Waals surface area contributed by atoms with Crippen LogP contribution in [0.4, 0.5) is 0 Å². The maximum Gasteiger partial charge on any atom is 0.362 e. The van der Waals surface area contributed by atoms with Crippen molar-refractivity contribution in [3.05, 3.63) is 52.4 Å². The van der Waals surface area contributed by atoms with E-state index < -0.39 is 11.4 Å². The predicted octanol–water partition coefficient (Wildman–Crippen LogP) is 2.13. The van der Waals surface area contributed by atoms with Crippen LogP contribution in [0, 0.1) is 0 Å². The summed E-state index contributed by atoms with van der Waals surface area (Å²) in [6.07, 6.45) is 3.52. The van der Waals surface area contributed by atoms with E-state index in [9.17, 15) is 9.59 Å². The molecule has 0 aliphatic carbocycles. The Kier molecular flexibility index (Phi) is 4.57. The van der Waals surface area contributed by atoms with Crippen LogP contribution >= 0.6 is 11.8 Å². The third-order valence-corrected chi connectivity index (χ3v) is 3.36. The van der Waals surface area contributed by atoms with Gasteiger partial charge in [-0.3, -0.25) is 4.79 Å². The second-order valence-corrected chi connectivity index (χ2v) is 4.77. The van der Waals surface area contributed by atoms with Gasteiger partial charge in [0.15, 0.2) is 0 Å². The monoisotopic (exact) mass is 290 g/mol. The third-order valence-electron chi connectivity index (χ3n) is 2.61. The Labute approximate surface area is 120 Å². The summed E-state index contributed by atoms with van der Waals surface area (Å²) in [4.78, 5) is 24.4. The Balaban J connectivity index is 2.39. The molecule has 1 aromatic heterocycles. The molecule has 6 heteroatoms. The average molecular weight is 290 g/mol. The van der Waals surface area contributed by atoms with Crippen molar-refractivity contribution < 1.29 is 9.53 Å². The molecule has 0 aliphatic heterocycles. The number of benzene rings is 1. The van der Waals surface area contributed by atoms with Gasteiger partial charge in [-0.05, 0) is 37.4 Å². The molecule has 0 atom stereocenters. The molecule has 1 aromatic carbocycles. The number of nitrogens with zero attached hydrogens (tertiary/aromatic N) is 2. The van der Waals surface area contributed by atoms with Gasteiger partial charge in [-0.2, -0.15) is 5.10 Å². The lowest BCUT2D eigenvalue weighted by atomic mass is 10.3. The molecule has 5 nitrogen and oxygen atoms in total. The van der Waals surface area contributed by atoms with E-state index in [4.69, 9.17) is 4.74 Å². The number of rotatable bonds is 4. The molecule has 0 aliphatic rings. The fourth-order valence-corrected chi connectivity index (χ4v) is 2.04. The van der Waals surface area contributed by atoms with Crippen molar-refractivity contribution in [3.8, 4) is 5.69 Å². The van der Waals surface area contributed by atoms with Crippen LogP contribution < -0.4 is 5.43 Å². The van der Waals surface area contributed by atoms with Crippen LogP contribution in [-0.4, -0.2) is 28.6 Å². The number of esters is 1. The van der Waals surface area contributed by atoms with E-state index in [-0.39, 0.29) is 12.3 Å². The SMILES string of the molecule is CCOC(=O)c1nn(-c2ccc(SC)cc2)ccc1=O. The van der Waals surface area contributed by atoms with Crippen LogP contribution in [0.2, 0.25) is 0 Å². The van der Waals surface area contributed by atoms with Gasteiger partial charge in [-0.15, -0.1) is 11.8 Å². The molecule has 0 saturated carbocycles. The van der Waals surface area contributed by atoms with E-state index in [1.165, 1.54) is 16.9 Å². The number of carbonyl (C=O) groups is 1. The molecule has 2 aromatic rings. The second-order valence-electron chi connectivity index (χ2n) is 3.89. The molecule has 0 radical (unpaired) electrons. The van der Waals surface area contributed by atoms with E-state index in [2.05, 4.69) is 5.10 Å². The number of carbonyl (C=O) groups excluding carboxylic acids is 1. The number of thioether (sulfide) groups is 1. The molecular weight excluding hydrogens is 276 g/mol. The molecule has 0 N–H and O–H groups in total. The fourth-order valence-electron chi connectivity index (χ4n) is 1.63. The van der Waals surface area contributed by atoms with Gasteiger partial charge >= 0.3 is 5.97 Å². The molecule has 0 unspecified atom stereocenters. The van der Waals surface area contributed by atoms with Gasteiger partial charge in [0.05, 0.1) is 12.3 Å². The van der Waals surface area contributed by atoms with E-state index in [0.29, 0.717) is 0 Å². The first-order valence-corrected chi connectivity index (χ1v) is 7.29. The topological polar surface area (TPSA) is 61.2 Å². The Morgan fingerprint density at radius 2 is 2.00 bits per heavy atom. The van der Waals surface area contributed by atoms with E-state index in [1.807, 2.05) is 30.5 Å². The highest BCUT2D eigenvalue weighted by Gasteiger charge is 2.14. The van der Waals surface area contributed by atoms with Crippen molar-refractivity contribution in [1.29, 1.82) is 0 Å². The minimum absolute atomic E-state index is 0.205. The van der Waals surface area contributed by atoms with E-state index in [0.717, 1.165) is 10.6 Å². The van der Waals surface area contributed by atoms with Crippen LogP contribution in [0.25, 0.3) is 5.69 Å². The summed E-state index contributed by atoms with van der Waals surface area (Å²) in [6.45, 7) is 1.89. The molecule has 0 saturated heterocycles. The third kappa shape index (κ3) is 3.08. The minimum Gasteiger partial charge on any atom is -0.461 e. The molecule has 0 spiro atoms. The molecule has 1 heterocycles. The van der Waals surface area contributed by atoms with Gasteiger partial charge in [-0.1, -0.05) is 0 Å². The van der Waals surface area contributed by atoms with Gasteiger partial charge in [0, 0.05) is 17.2 Å². The maximum absolute atomic E-state index is 11.6. The molecule has 2 rings (SSSR count). The minimum atomic E-state index is -0.701. The predicted molar refractivity (Wildman–Crippen MR) is 77.6 cm³/mol. The lowest BCUT2D eigenvalue weighted by Crippen LogP contribution is -2.22. The molecule has 0 amide bonds. The number of ether oxygens (including phenoxy) is 1. The van der Waals surface area contributed by atoms with Crippen molar-refractivity contribution in [3.63, 3.8) is 0 Å². The first kappa shape index (κ1) is 14.3. The van der Waals surface area contributed by atoms with Crippen LogP contribution in [0.3, 0.4) is 0 Å². The van der Waals surface area contributed by atoms with Crippen molar-refractivity contribution in [2.24, 2.45) is 0 Å². The maximum atomic E-state index is 11.6.